The number of rotatable bonds is 6. The second kappa shape index (κ2) is 6.92. The topological polar surface area (TPSA) is 30.5 Å². The molecule has 0 aliphatic carbocycles. The maximum absolute atomic E-state index is 6.18. The third-order valence-corrected chi connectivity index (χ3v) is 3.91. The van der Waals surface area contributed by atoms with Gasteiger partial charge >= 0.3 is 0 Å². The van der Waals surface area contributed by atoms with Crippen molar-refractivity contribution in [1.82, 2.24) is 5.32 Å². The van der Waals surface area contributed by atoms with E-state index >= 15 is 0 Å². The van der Waals surface area contributed by atoms with Gasteiger partial charge in [0.1, 0.15) is 11.9 Å². The summed E-state index contributed by atoms with van der Waals surface area (Å²) in [6.45, 7) is 5.56. The third-order valence-electron chi connectivity index (χ3n) is 3.91. The molecule has 3 nitrogen and oxygen atoms in total. The highest BCUT2D eigenvalue weighted by Crippen LogP contribution is 2.29. The van der Waals surface area contributed by atoms with Gasteiger partial charge in [-0.1, -0.05) is 37.3 Å². The lowest BCUT2D eigenvalue weighted by Crippen LogP contribution is -2.19. The van der Waals surface area contributed by atoms with Gasteiger partial charge in [0.15, 0.2) is 0 Å². The monoisotopic (exact) mass is 285 g/mol. The van der Waals surface area contributed by atoms with Gasteiger partial charge in [-0.15, -0.1) is 0 Å². The molecule has 0 spiro atoms. The molecule has 3 rings (SSSR count). The van der Waals surface area contributed by atoms with Crippen molar-refractivity contribution in [3.8, 4) is 5.75 Å². The Labute approximate surface area is 126 Å². The van der Waals surface area contributed by atoms with E-state index in [9.17, 15) is 0 Å². The van der Waals surface area contributed by atoms with Crippen molar-refractivity contribution in [3.63, 3.8) is 0 Å². The van der Waals surface area contributed by atoms with Crippen LogP contribution in [0.4, 0.5) is 0 Å². The summed E-state index contributed by atoms with van der Waals surface area (Å²) in [6.07, 6.45) is 2.31. The van der Waals surface area contributed by atoms with Crippen LogP contribution in [0.5, 0.6) is 5.75 Å². The molecule has 0 saturated carbocycles. The quantitative estimate of drug-likeness (QED) is 0.824. The second-order valence-corrected chi connectivity index (χ2v) is 5.54. The molecule has 1 heterocycles. The van der Waals surface area contributed by atoms with Gasteiger partial charge in [0.05, 0.1) is 13.2 Å². The van der Waals surface area contributed by atoms with Gasteiger partial charge < -0.3 is 14.8 Å². The average Bonchev–Trinajstić information content (AvgIpc) is 3.02. The molecule has 1 aliphatic rings. The summed E-state index contributed by atoms with van der Waals surface area (Å²) in [7, 11) is 0. The van der Waals surface area contributed by atoms with E-state index in [-0.39, 0.29) is 6.10 Å². The number of benzene rings is 2. The van der Waals surface area contributed by atoms with Crippen molar-refractivity contribution in [1.29, 1.82) is 0 Å². The summed E-state index contributed by atoms with van der Waals surface area (Å²) < 4.78 is 11.6. The summed E-state index contributed by atoms with van der Waals surface area (Å²) >= 11 is 0. The second-order valence-electron chi connectivity index (χ2n) is 5.54. The minimum Gasteiger partial charge on any atom is -0.488 e. The fourth-order valence-corrected chi connectivity index (χ4v) is 2.78. The van der Waals surface area contributed by atoms with Crippen molar-refractivity contribution in [3.05, 3.63) is 42.0 Å². The fraction of sp³-hybridized carbons (Fsp3) is 0.444. The van der Waals surface area contributed by atoms with Gasteiger partial charge in [-0.05, 0) is 29.8 Å². The van der Waals surface area contributed by atoms with Gasteiger partial charge in [-0.3, -0.25) is 0 Å². The van der Waals surface area contributed by atoms with Crippen LogP contribution in [0.25, 0.3) is 10.8 Å². The Bertz CT molecular complexity index is 591. The van der Waals surface area contributed by atoms with Crippen LogP contribution in [0.3, 0.4) is 0 Å². The van der Waals surface area contributed by atoms with Crippen LogP contribution in [0.2, 0.25) is 0 Å². The Morgan fingerprint density at radius 3 is 2.95 bits per heavy atom. The Morgan fingerprint density at radius 1 is 1.24 bits per heavy atom. The summed E-state index contributed by atoms with van der Waals surface area (Å²) in [5.41, 5.74) is 1.26. The normalized spacial score (nSPS) is 18.2. The van der Waals surface area contributed by atoms with Gasteiger partial charge in [0, 0.05) is 18.5 Å². The zero-order valence-electron chi connectivity index (χ0n) is 12.6. The van der Waals surface area contributed by atoms with Gasteiger partial charge in [0.25, 0.3) is 0 Å². The molecule has 1 fully saturated rings. The van der Waals surface area contributed by atoms with E-state index in [1.807, 2.05) is 0 Å². The first kappa shape index (κ1) is 14.4. The molecule has 21 heavy (non-hydrogen) atoms. The molecular weight excluding hydrogens is 262 g/mol. The Morgan fingerprint density at radius 2 is 2.14 bits per heavy atom. The molecule has 0 aromatic heterocycles. The molecular formula is C18H23NO2. The number of hydrogen-bond donors (Lipinski definition) is 1. The van der Waals surface area contributed by atoms with E-state index in [1.54, 1.807) is 0 Å². The van der Waals surface area contributed by atoms with Gasteiger partial charge in [-0.2, -0.15) is 0 Å². The molecule has 0 amide bonds. The predicted molar refractivity (Wildman–Crippen MR) is 85.8 cm³/mol. The first-order valence-electron chi connectivity index (χ1n) is 7.84. The smallest absolute Gasteiger partial charge is 0.124 e. The fourth-order valence-electron chi connectivity index (χ4n) is 2.78. The highest BCUT2D eigenvalue weighted by molar-refractivity contribution is 5.87. The van der Waals surface area contributed by atoms with Crippen LogP contribution < -0.4 is 10.1 Å². The lowest BCUT2D eigenvalue weighted by atomic mass is 10.0. The van der Waals surface area contributed by atoms with Crippen molar-refractivity contribution in [2.75, 3.05) is 19.8 Å². The Balaban J connectivity index is 1.90. The van der Waals surface area contributed by atoms with E-state index in [2.05, 4.69) is 48.6 Å². The van der Waals surface area contributed by atoms with Crippen LogP contribution in [-0.2, 0) is 11.3 Å². The summed E-state index contributed by atoms with van der Waals surface area (Å²) in [5.74, 6) is 0.993. The van der Waals surface area contributed by atoms with Crippen LogP contribution >= 0.6 is 0 Å². The number of hydrogen-bond acceptors (Lipinski definition) is 3. The van der Waals surface area contributed by atoms with Gasteiger partial charge in [0.2, 0.25) is 0 Å². The molecule has 2 aromatic carbocycles. The van der Waals surface area contributed by atoms with Crippen LogP contribution in [0, 0.1) is 0 Å². The molecule has 112 valence electrons. The first-order valence-corrected chi connectivity index (χ1v) is 7.84. The van der Waals surface area contributed by atoms with Crippen molar-refractivity contribution in [2.24, 2.45) is 0 Å². The largest absolute Gasteiger partial charge is 0.488 e. The van der Waals surface area contributed by atoms with E-state index in [1.165, 1.54) is 16.3 Å². The van der Waals surface area contributed by atoms with Crippen LogP contribution in [-0.4, -0.2) is 25.9 Å². The molecule has 1 N–H and O–H groups in total. The van der Waals surface area contributed by atoms with Gasteiger partial charge in [-0.25, -0.2) is 0 Å². The molecule has 3 heteroatoms. The summed E-state index contributed by atoms with van der Waals surface area (Å²) in [5, 5.41) is 6.04. The number of fused-ring (bicyclic) bond motifs is 1. The van der Waals surface area contributed by atoms with Crippen LogP contribution in [0.1, 0.15) is 25.3 Å². The number of ether oxygens (including phenoxy) is 2. The van der Waals surface area contributed by atoms with Crippen molar-refractivity contribution >= 4 is 10.8 Å². The summed E-state index contributed by atoms with van der Waals surface area (Å²) in [6, 6.07) is 12.7. The molecule has 1 saturated heterocycles. The Kier molecular flexibility index (Phi) is 4.73. The molecule has 1 atom stereocenters. The van der Waals surface area contributed by atoms with E-state index in [0.717, 1.165) is 38.3 Å². The van der Waals surface area contributed by atoms with Crippen molar-refractivity contribution < 1.29 is 9.47 Å². The standard InChI is InChI=1S/C18H23NO2/c1-2-10-19-12-17-16-6-4-3-5-14(16)7-8-18(17)21-15-9-11-20-13-15/h3-8,15,19H,2,9-13H2,1H3. The van der Waals surface area contributed by atoms with E-state index in [4.69, 9.17) is 9.47 Å². The zero-order valence-corrected chi connectivity index (χ0v) is 12.6. The van der Waals surface area contributed by atoms with Crippen molar-refractivity contribution in [2.45, 2.75) is 32.4 Å². The molecule has 0 bridgehead atoms. The molecule has 1 unspecified atom stereocenters. The minimum absolute atomic E-state index is 0.191. The molecule has 0 radical (unpaired) electrons. The maximum Gasteiger partial charge on any atom is 0.124 e. The average molecular weight is 285 g/mol. The first-order chi connectivity index (χ1) is 10.4. The zero-order chi connectivity index (χ0) is 14.5. The SMILES string of the molecule is CCCNCc1c(OC2CCOC2)ccc2ccccc12. The lowest BCUT2D eigenvalue weighted by molar-refractivity contribution is 0.140. The highest BCUT2D eigenvalue weighted by Gasteiger charge is 2.19. The van der Waals surface area contributed by atoms with Crippen LogP contribution in [0.15, 0.2) is 36.4 Å². The van der Waals surface area contributed by atoms with E-state index in [0.29, 0.717) is 6.61 Å². The molecule has 1 aliphatic heterocycles. The Hall–Kier alpha value is -1.58. The number of nitrogens with one attached hydrogen (secondary N) is 1. The molecule has 2 aromatic rings. The highest BCUT2D eigenvalue weighted by atomic mass is 16.5. The van der Waals surface area contributed by atoms with E-state index < -0.39 is 0 Å². The lowest BCUT2D eigenvalue weighted by Gasteiger charge is -2.18. The minimum atomic E-state index is 0.191. The third kappa shape index (κ3) is 3.36. The maximum atomic E-state index is 6.18. The summed E-state index contributed by atoms with van der Waals surface area (Å²) in [4.78, 5) is 0. The predicted octanol–water partition coefficient (Wildman–Crippen LogP) is 3.51.